The number of rotatable bonds is 5. The third kappa shape index (κ3) is 5.21. The van der Waals surface area contributed by atoms with Crippen LogP contribution in [0.3, 0.4) is 0 Å². The fraction of sp³-hybridized carbons (Fsp3) is 0.714. The summed E-state index contributed by atoms with van der Waals surface area (Å²) >= 11 is 0. The predicted molar refractivity (Wildman–Crippen MR) is 75.4 cm³/mol. The molecule has 0 aromatic carbocycles. The first-order chi connectivity index (χ1) is 9.58. The van der Waals surface area contributed by atoms with Crippen LogP contribution in [0.4, 0.5) is 4.79 Å². The van der Waals surface area contributed by atoms with Crippen molar-refractivity contribution in [3.63, 3.8) is 0 Å². The van der Waals surface area contributed by atoms with Gasteiger partial charge in [0, 0.05) is 31.2 Å². The van der Waals surface area contributed by atoms with Crippen molar-refractivity contribution in [3.05, 3.63) is 11.6 Å². The van der Waals surface area contributed by atoms with Crippen LogP contribution >= 0.6 is 0 Å². The Bertz CT molecular complexity index is 360. The average Bonchev–Trinajstić information content (AvgIpc) is 2.47. The Morgan fingerprint density at radius 2 is 2.00 bits per heavy atom. The molecule has 1 aliphatic heterocycles. The highest BCUT2D eigenvalue weighted by molar-refractivity contribution is 5.87. The molecule has 1 amide bonds. The summed E-state index contributed by atoms with van der Waals surface area (Å²) in [6.07, 6.45) is 3.38. The van der Waals surface area contributed by atoms with Crippen molar-refractivity contribution in [2.24, 2.45) is 0 Å². The lowest BCUT2D eigenvalue weighted by Crippen LogP contribution is -2.45. The maximum atomic E-state index is 11.5. The maximum Gasteiger partial charge on any atom is 0.409 e. The summed E-state index contributed by atoms with van der Waals surface area (Å²) in [4.78, 5) is 24.5. The highest BCUT2D eigenvalue weighted by atomic mass is 16.6. The molecule has 6 heteroatoms. The van der Waals surface area contributed by atoms with Gasteiger partial charge < -0.3 is 19.7 Å². The van der Waals surface area contributed by atoms with Gasteiger partial charge in [-0.1, -0.05) is 6.08 Å². The van der Waals surface area contributed by atoms with Gasteiger partial charge in [0.2, 0.25) is 0 Å². The van der Waals surface area contributed by atoms with Crippen molar-refractivity contribution < 1.29 is 19.1 Å². The molecule has 1 rings (SSSR count). The van der Waals surface area contributed by atoms with E-state index >= 15 is 0 Å². The zero-order valence-electron chi connectivity index (χ0n) is 12.5. The van der Waals surface area contributed by atoms with E-state index in [-0.39, 0.29) is 12.1 Å². The third-order valence-electron chi connectivity index (χ3n) is 3.34. The normalized spacial score (nSPS) is 16.9. The van der Waals surface area contributed by atoms with Crippen LogP contribution in [0.25, 0.3) is 0 Å². The van der Waals surface area contributed by atoms with Gasteiger partial charge in [0.15, 0.2) is 0 Å². The molecule has 0 bridgehead atoms. The van der Waals surface area contributed by atoms with Gasteiger partial charge in [-0.25, -0.2) is 9.59 Å². The SMILES string of the molecule is CCOC(=O)N1CCC(NC/C=C(/C)C(=O)OC)CC1. The van der Waals surface area contributed by atoms with E-state index in [0.717, 1.165) is 12.8 Å². The molecule has 0 saturated carbocycles. The van der Waals surface area contributed by atoms with Gasteiger partial charge in [0.05, 0.1) is 13.7 Å². The van der Waals surface area contributed by atoms with Crippen molar-refractivity contribution in [2.45, 2.75) is 32.7 Å². The number of nitrogens with one attached hydrogen (secondary N) is 1. The van der Waals surface area contributed by atoms with Gasteiger partial charge in [-0.2, -0.15) is 0 Å². The lowest BCUT2D eigenvalue weighted by atomic mass is 10.1. The minimum Gasteiger partial charge on any atom is -0.466 e. The van der Waals surface area contributed by atoms with Crippen molar-refractivity contribution in [3.8, 4) is 0 Å². The molecule has 0 unspecified atom stereocenters. The van der Waals surface area contributed by atoms with Crippen molar-refractivity contribution in [1.82, 2.24) is 10.2 Å². The molecule has 6 nitrogen and oxygen atoms in total. The standard InChI is InChI=1S/C14H24N2O4/c1-4-20-14(18)16-9-6-12(7-10-16)15-8-5-11(2)13(17)19-3/h5,12,15H,4,6-10H2,1-3H3/b11-5-. The number of hydrogen-bond acceptors (Lipinski definition) is 5. The zero-order valence-corrected chi connectivity index (χ0v) is 12.5. The first-order valence-corrected chi connectivity index (χ1v) is 6.98. The van der Waals surface area contributed by atoms with Crippen LogP contribution < -0.4 is 5.32 Å². The fourth-order valence-corrected chi connectivity index (χ4v) is 2.10. The van der Waals surface area contributed by atoms with E-state index in [2.05, 4.69) is 10.1 Å². The first kappa shape index (κ1) is 16.5. The minimum absolute atomic E-state index is 0.229. The van der Waals surface area contributed by atoms with E-state index in [1.807, 2.05) is 13.0 Å². The highest BCUT2D eigenvalue weighted by Crippen LogP contribution is 2.11. The van der Waals surface area contributed by atoms with Crippen molar-refractivity contribution >= 4 is 12.1 Å². The molecule has 1 saturated heterocycles. The van der Waals surface area contributed by atoms with Crippen molar-refractivity contribution in [1.29, 1.82) is 0 Å². The number of piperidine rings is 1. The van der Waals surface area contributed by atoms with Crippen LogP contribution in [-0.4, -0.2) is 56.4 Å². The lowest BCUT2D eigenvalue weighted by molar-refractivity contribution is -0.136. The third-order valence-corrected chi connectivity index (χ3v) is 3.34. The molecule has 0 aromatic rings. The number of amides is 1. The Morgan fingerprint density at radius 3 is 2.55 bits per heavy atom. The number of methoxy groups -OCH3 is 1. The second-order valence-electron chi connectivity index (χ2n) is 4.75. The van der Waals surface area contributed by atoms with Gasteiger partial charge >= 0.3 is 12.1 Å². The summed E-state index contributed by atoms with van der Waals surface area (Å²) in [6.45, 7) is 5.99. The second-order valence-corrected chi connectivity index (χ2v) is 4.75. The van der Waals surface area contributed by atoms with E-state index in [4.69, 9.17) is 4.74 Å². The van der Waals surface area contributed by atoms with Crippen LogP contribution in [-0.2, 0) is 14.3 Å². The smallest absolute Gasteiger partial charge is 0.409 e. The molecule has 0 aliphatic carbocycles. The lowest BCUT2D eigenvalue weighted by Gasteiger charge is -2.31. The molecule has 114 valence electrons. The topological polar surface area (TPSA) is 67.9 Å². The number of carbonyl (C=O) groups is 2. The average molecular weight is 284 g/mol. The van der Waals surface area contributed by atoms with Crippen molar-refractivity contribution in [2.75, 3.05) is 33.4 Å². The van der Waals surface area contributed by atoms with E-state index in [0.29, 0.717) is 37.9 Å². The van der Waals surface area contributed by atoms with Crippen LogP contribution in [0.15, 0.2) is 11.6 Å². The van der Waals surface area contributed by atoms with E-state index in [1.165, 1.54) is 7.11 Å². The molecule has 1 aliphatic rings. The summed E-state index contributed by atoms with van der Waals surface area (Å²) in [5.41, 5.74) is 0.601. The summed E-state index contributed by atoms with van der Waals surface area (Å²) < 4.78 is 9.60. The highest BCUT2D eigenvalue weighted by Gasteiger charge is 2.22. The summed E-state index contributed by atoms with van der Waals surface area (Å²) in [5.74, 6) is -0.302. The number of carbonyl (C=O) groups excluding carboxylic acids is 2. The van der Waals surface area contributed by atoms with E-state index in [1.54, 1.807) is 11.8 Å². The molecule has 0 radical (unpaired) electrons. The molecular weight excluding hydrogens is 260 g/mol. The molecule has 1 N–H and O–H groups in total. The van der Waals surface area contributed by atoms with Gasteiger partial charge in [-0.15, -0.1) is 0 Å². The van der Waals surface area contributed by atoms with E-state index < -0.39 is 0 Å². The van der Waals surface area contributed by atoms with Crippen LogP contribution in [0.1, 0.15) is 26.7 Å². The molecule has 20 heavy (non-hydrogen) atoms. The number of hydrogen-bond donors (Lipinski definition) is 1. The number of nitrogens with zero attached hydrogens (tertiary/aromatic N) is 1. The van der Waals surface area contributed by atoms with Gasteiger partial charge in [-0.3, -0.25) is 0 Å². The molecule has 0 atom stereocenters. The summed E-state index contributed by atoms with van der Waals surface area (Å²) in [5, 5.41) is 3.36. The molecule has 1 heterocycles. The first-order valence-electron chi connectivity index (χ1n) is 6.98. The Balaban J connectivity index is 2.26. The monoisotopic (exact) mass is 284 g/mol. The maximum absolute atomic E-state index is 11.5. The Morgan fingerprint density at radius 1 is 1.35 bits per heavy atom. The Labute approximate surface area is 120 Å². The summed E-state index contributed by atoms with van der Waals surface area (Å²) in [6, 6.07) is 0.363. The number of ether oxygens (including phenoxy) is 2. The molecule has 0 spiro atoms. The number of esters is 1. The van der Waals surface area contributed by atoms with E-state index in [9.17, 15) is 9.59 Å². The van der Waals surface area contributed by atoms with Gasteiger partial charge in [0.1, 0.15) is 0 Å². The Kier molecular flexibility index (Phi) is 7.08. The van der Waals surface area contributed by atoms with Crippen LogP contribution in [0.5, 0.6) is 0 Å². The second kappa shape index (κ2) is 8.58. The molecular formula is C14H24N2O4. The number of likely N-dealkylation sites (tertiary alicyclic amines) is 1. The molecule has 0 aromatic heterocycles. The largest absolute Gasteiger partial charge is 0.466 e. The predicted octanol–water partition coefficient (Wildman–Crippen LogP) is 1.32. The van der Waals surface area contributed by atoms with Crippen LogP contribution in [0.2, 0.25) is 0 Å². The van der Waals surface area contributed by atoms with Gasteiger partial charge in [0.25, 0.3) is 0 Å². The summed E-state index contributed by atoms with van der Waals surface area (Å²) in [7, 11) is 1.37. The van der Waals surface area contributed by atoms with Gasteiger partial charge in [-0.05, 0) is 26.7 Å². The minimum atomic E-state index is -0.302. The Hall–Kier alpha value is -1.56. The fourth-order valence-electron chi connectivity index (χ4n) is 2.10. The quantitative estimate of drug-likeness (QED) is 0.609. The zero-order chi connectivity index (χ0) is 15.0. The molecule has 1 fully saturated rings. The van der Waals surface area contributed by atoms with Crippen LogP contribution in [0, 0.1) is 0 Å².